The van der Waals surface area contributed by atoms with Crippen molar-refractivity contribution in [2.24, 2.45) is 4.99 Å². The molecule has 1 aliphatic rings. The molecular weight excluding hydrogens is 522 g/mol. The number of hydroxylamine groups is 2. The third-order valence-corrected chi connectivity index (χ3v) is 6.64. The summed E-state index contributed by atoms with van der Waals surface area (Å²) in [5.41, 5.74) is 4.25. The van der Waals surface area contributed by atoms with Crippen LogP contribution in [0.4, 0.5) is 0 Å². The summed E-state index contributed by atoms with van der Waals surface area (Å²) in [4.78, 5) is 41.8. The van der Waals surface area contributed by atoms with Crippen LogP contribution in [0.5, 0.6) is 5.75 Å². The van der Waals surface area contributed by atoms with Crippen molar-refractivity contribution in [1.29, 1.82) is 0 Å². The average molecular weight is 556 g/mol. The van der Waals surface area contributed by atoms with E-state index in [0.29, 0.717) is 58.9 Å². The maximum Gasteiger partial charge on any atom is 0.264 e. The molecule has 0 aliphatic carbocycles. The first-order chi connectivity index (χ1) is 19.9. The molecule has 0 atom stereocenters. The average Bonchev–Trinajstić information content (AvgIpc) is 3.41. The number of benzene rings is 1. The van der Waals surface area contributed by atoms with Crippen LogP contribution in [0, 0.1) is 0 Å². The highest BCUT2D eigenvalue weighted by molar-refractivity contribution is 6.03. The Morgan fingerprint density at radius 2 is 1.78 bits per heavy atom. The molecule has 212 valence electrons. The molecule has 0 fully saturated rings. The van der Waals surface area contributed by atoms with E-state index in [9.17, 15) is 10.0 Å². The van der Waals surface area contributed by atoms with Crippen molar-refractivity contribution >= 4 is 5.84 Å². The second-order valence-corrected chi connectivity index (χ2v) is 9.88. The Labute approximate surface area is 238 Å². The van der Waals surface area contributed by atoms with Crippen molar-refractivity contribution in [3.8, 4) is 23.0 Å². The van der Waals surface area contributed by atoms with Gasteiger partial charge in [-0.2, -0.15) is 0 Å². The standard InChI is InChI=1S/C30H33N7O4/c1-5-9-26-24(29(38)36(27(35-26)19(3)4)30-32-16-21(17-33-30)40-6-2)14-20-12-13-25(31-15-20)22-10-7-8-11-23(22)28-34-18-41-37(28)39/h7-8,10-13,15-17,19,39H,5-6,9,14,18H2,1-4H3. The van der Waals surface area contributed by atoms with Crippen LogP contribution in [0.3, 0.4) is 0 Å². The van der Waals surface area contributed by atoms with Crippen LogP contribution in [0.25, 0.3) is 17.2 Å². The summed E-state index contributed by atoms with van der Waals surface area (Å²) in [6.45, 7) is 8.51. The van der Waals surface area contributed by atoms with Crippen LogP contribution in [0.2, 0.25) is 0 Å². The zero-order valence-corrected chi connectivity index (χ0v) is 23.6. The number of rotatable bonds is 10. The Morgan fingerprint density at radius 1 is 1.02 bits per heavy atom. The highest BCUT2D eigenvalue weighted by Gasteiger charge is 2.23. The van der Waals surface area contributed by atoms with Crippen molar-refractivity contribution in [3.63, 3.8) is 0 Å². The summed E-state index contributed by atoms with van der Waals surface area (Å²) in [7, 11) is 0. The lowest BCUT2D eigenvalue weighted by Crippen LogP contribution is -2.31. The fraction of sp³-hybridized carbons (Fsp3) is 0.333. The topological polar surface area (TPSA) is 128 Å². The smallest absolute Gasteiger partial charge is 0.264 e. The number of pyridine rings is 1. The maximum atomic E-state index is 14.1. The van der Waals surface area contributed by atoms with E-state index < -0.39 is 0 Å². The summed E-state index contributed by atoms with van der Waals surface area (Å²) in [5.74, 6) is 1.73. The molecule has 4 aromatic rings. The monoisotopic (exact) mass is 555 g/mol. The Hall–Kier alpha value is -4.48. The molecule has 0 amide bonds. The van der Waals surface area contributed by atoms with Gasteiger partial charge in [-0.3, -0.25) is 15.0 Å². The van der Waals surface area contributed by atoms with Gasteiger partial charge in [-0.05, 0) is 25.0 Å². The number of ether oxygens (including phenoxy) is 1. The van der Waals surface area contributed by atoms with Crippen LogP contribution in [-0.2, 0) is 17.7 Å². The van der Waals surface area contributed by atoms with Crippen molar-refractivity contribution in [1.82, 2.24) is 29.7 Å². The lowest BCUT2D eigenvalue weighted by atomic mass is 10.00. The van der Waals surface area contributed by atoms with E-state index in [0.717, 1.165) is 23.2 Å². The van der Waals surface area contributed by atoms with Crippen molar-refractivity contribution in [2.45, 2.75) is 52.9 Å². The van der Waals surface area contributed by atoms with Gasteiger partial charge >= 0.3 is 0 Å². The van der Waals surface area contributed by atoms with Crippen molar-refractivity contribution in [2.75, 3.05) is 13.3 Å². The Balaban J connectivity index is 1.52. The van der Waals surface area contributed by atoms with E-state index in [1.807, 2.05) is 57.2 Å². The summed E-state index contributed by atoms with van der Waals surface area (Å²) < 4.78 is 6.99. The van der Waals surface area contributed by atoms with E-state index >= 15 is 0 Å². The van der Waals surface area contributed by atoms with Gasteiger partial charge in [0, 0.05) is 35.2 Å². The third-order valence-electron chi connectivity index (χ3n) is 6.64. The van der Waals surface area contributed by atoms with Crippen LogP contribution >= 0.6 is 0 Å². The van der Waals surface area contributed by atoms with Gasteiger partial charge in [0.2, 0.25) is 5.95 Å². The molecule has 0 radical (unpaired) electrons. The maximum absolute atomic E-state index is 14.1. The highest BCUT2D eigenvalue weighted by Crippen LogP contribution is 2.26. The zero-order chi connectivity index (χ0) is 28.9. The molecule has 0 spiro atoms. The van der Waals surface area contributed by atoms with E-state index in [1.165, 1.54) is 4.57 Å². The number of aromatic nitrogens is 5. The van der Waals surface area contributed by atoms with Crippen molar-refractivity contribution in [3.05, 3.63) is 93.6 Å². The first kappa shape index (κ1) is 28.1. The number of aryl methyl sites for hydroxylation is 1. The Morgan fingerprint density at radius 3 is 2.39 bits per heavy atom. The second kappa shape index (κ2) is 12.4. The summed E-state index contributed by atoms with van der Waals surface area (Å²) in [6.07, 6.45) is 6.79. The summed E-state index contributed by atoms with van der Waals surface area (Å²) >= 11 is 0. The molecule has 3 aromatic heterocycles. The number of hydrogen-bond donors (Lipinski definition) is 1. The van der Waals surface area contributed by atoms with Crippen molar-refractivity contribution < 1.29 is 14.8 Å². The van der Waals surface area contributed by atoms with Crippen LogP contribution < -0.4 is 10.3 Å². The number of amidine groups is 1. The normalized spacial score (nSPS) is 13.1. The molecule has 0 saturated carbocycles. The van der Waals surface area contributed by atoms with Gasteiger partial charge in [0.1, 0.15) is 5.82 Å². The Kier molecular flexibility index (Phi) is 8.46. The predicted molar refractivity (Wildman–Crippen MR) is 153 cm³/mol. The fourth-order valence-electron chi connectivity index (χ4n) is 4.73. The van der Waals surface area contributed by atoms with Gasteiger partial charge in [-0.25, -0.2) is 29.3 Å². The van der Waals surface area contributed by atoms with E-state index in [4.69, 9.17) is 19.5 Å². The van der Waals surface area contributed by atoms with Gasteiger partial charge < -0.3 is 4.74 Å². The molecular formula is C30H33N7O4. The van der Waals surface area contributed by atoms with Gasteiger partial charge in [-0.15, -0.1) is 5.23 Å². The number of nitrogens with zero attached hydrogens (tertiary/aromatic N) is 7. The number of aliphatic imine (C=N–C) groups is 1. The molecule has 4 heterocycles. The molecule has 0 unspecified atom stereocenters. The molecule has 41 heavy (non-hydrogen) atoms. The van der Waals surface area contributed by atoms with Gasteiger partial charge in [0.15, 0.2) is 18.3 Å². The minimum absolute atomic E-state index is 0.0201. The first-order valence-corrected chi connectivity index (χ1v) is 13.7. The van der Waals surface area contributed by atoms with Crippen LogP contribution in [0.15, 0.2) is 64.8 Å². The molecule has 1 N–H and O–H groups in total. The predicted octanol–water partition coefficient (Wildman–Crippen LogP) is 4.49. The van der Waals surface area contributed by atoms with Gasteiger partial charge in [0.25, 0.3) is 5.56 Å². The van der Waals surface area contributed by atoms with E-state index in [-0.39, 0.29) is 24.2 Å². The molecule has 1 aliphatic heterocycles. The summed E-state index contributed by atoms with van der Waals surface area (Å²) in [5, 5.41) is 10.7. The molecule has 1 aromatic carbocycles. The fourth-order valence-corrected chi connectivity index (χ4v) is 4.73. The molecule has 11 heteroatoms. The number of hydrogen-bond acceptors (Lipinski definition) is 10. The molecule has 0 bridgehead atoms. The lowest BCUT2D eigenvalue weighted by Gasteiger charge is -2.18. The SMILES string of the molecule is CCCc1nc(C(C)C)n(-c2ncc(OCC)cn2)c(=O)c1Cc1ccc(-c2ccccc2C2=NCON2O)nc1. The zero-order valence-electron chi connectivity index (χ0n) is 23.6. The first-order valence-electron chi connectivity index (χ1n) is 13.7. The second-order valence-electron chi connectivity index (χ2n) is 9.88. The Bertz CT molecular complexity index is 1600. The molecule has 0 saturated heterocycles. The molecule has 5 rings (SSSR count). The third kappa shape index (κ3) is 5.86. The quantitative estimate of drug-likeness (QED) is 0.301. The largest absolute Gasteiger partial charge is 0.491 e. The van der Waals surface area contributed by atoms with Crippen LogP contribution in [0.1, 0.15) is 68.2 Å². The minimum Gasteiger partial charge on any atom is -0.491 e. The highest BCUT2D eigenvalue weighted by atomic mass is 16.9. The van der Waals surface area contributed by atoms with Gasteiger partial charge in [0.05, 0.1) is 30.4 Å². The minimum atomic E-state index is -0.187. The summed E-state index contributed by atoms with van der Waals surface area (Å²) in [6, 6.07) is 11.4. The lowest BCUT2D eigenvalue weighted by molar-refractivity contribution is -0.268. The van der Waals surface area contributed by atoms with E-state index in [1.54, 1.807) is 18.6 Å². The molecule has 11 nitrogen and oxygen atoms in total. The van der Waals surface area contributed by atoms with Gasteiger partial charge in [-0.1, -0.05) is 57.5 Å². The van der Waals surface area contributed by atoms with Crippen LogP contribution in [-0.4, -0.2) is 54.1 Å². The van der Waals surface area contributed by atoms with E-state index in [2.05, 4.69) is 21.9 Å².